The summed E-state index contributed by atoms with van der Waals surface area (Å²) in [5.74, 6) is 2.14. The maximum Gasteiger partial charge on any atom is 0.225 e. The maximum absolute atomic E-state index is 12.6. The third kappa shape index (κ3) is 7.28. The largest absolute Gasteiger partial charge is 0.488 e. The number of ether oxygens (including phenoxy) is 2. The van der Waals surface area contributed by atoms with Crippen molar-refractivity contribution in [2.24, 2.45) is 16.8 Å². The molecule has 0 unspecified atom stereocenters. The molecule has 2 amide bonds. The lowest BCUT2D eigenvalue weighted by atomic mass is 9.87. The summed E-state index contributed by atoms with van der Waals surface area (Å²) in [6.45, 7) is 2.14. The molecule has 54 heavy (non-hydrogen) atoms. The second-order valence-electron chi connectivity index (χ2n) is 14.7. The second kappa shape index (κ2) is 15.5. The van der Waals surface area contributed by atoms with E-state index in [2.05, 4.69) is 42.4 Å². The predicted molar refractivity (Wildman–Crippen MR) is 214 cm³/mol. The van der Waals surface area contributed by atoms with E-state index in [1.807, 2.05) is 34.4 Å². The zero-order valence-corrected chi connectivity index (χ0v) is 33.2. The van der Waals surface area contributed by atoms with Gasteiger partial charge < -0.3 is 24.6 Å². The van der Waals surface area contributed by atoms with E-state index in [1.165, 1.54) is 32.8 Å². The fourth-order valence-electron chi connectivity index (χ4n) is 7.86. The van der Waals surface area contributed by atoms with Gasteiger partial charge in [0.05, 0.1) is 36.2 Å². The van der Waals surface area contributed by atoms with Gasteiger partial charge >= 0.3 is 0 Å². The van der Waals surface area contributed by atoms with E-state index in [-0.39, 0.29) is 29.8 Å². The zero-order chi connectivity index (χ0) is 37.5. The summed E-state index contributed by atoms with van der Waals surface area (Å²) in [5, 5.41) is 6.16. The van der Waals surface area contributed by atoms with Crippen LogP contribution in [0.15, 0.2) is 29.8 Å². The van der Waals surface area contributed by atoms with Crippen LogP contribution in [-0.2, 0) is 46.6 Å². The van der Waals surface area contributed by atoms with Crippen molar-refractivity contribution in [3.63, 3.8) is 0 Å². The Morgan fingerprint density at radius 2 is 1.44 bits per heavy atom. The molecule has 12 nitrogen and oxygen atoms in total. The van der Waals surface area contributed by atoms with Gasteiger partial charge in [-0.2, -0.15) is 0 Å². The van der Waals surface area contributed by atoms with Crippen LogP contribution in [0.1, 0.15) is 57.7 Å². The van der Waals surface area contributed by atoms with E-state index in [0.29, 0.717) is 11.7 Å². The summed E-state index contributed by atoms with van der Waals surface area (Å²) in [5.41, 5.74) is 5.68. The molecule has 5 aromatic rings. The molecule has 15 heteroatoms. The fourth-order valence-corrected chi connectivity index (χ4v) is 10.7. The molecule has 1 fully saturated rings. The highest BCUT2D eigenvalue weighted by molar-refractivity contribution is 7.19. The van der Waals surface area contributed by atoms with Gasteiger partial charge in [-0.15, -0.1) is 22.7 Å². The maximum atomic E-state index is 12.6. The van der Waals surface area contributed by atoms with Crippen molar-refractivity contribution in [1.29, 1.82) is 0 Å². The molecule has 2 atom stereocenters. The van der Waals surface area contributed by atoms with Crippen molar-refractivity contribution in [1.82, 2.24) is 29.7 Å². The summed E-state index contributed by atoms with van der Waals surface area (Å²) < 4.78 is 12.0. The van der Waals surface area contributed by atoms with Gasteiger partial charge in [-0.1, -0.05) is 11.6 Å². The van der Waals surface area contributed by atoms with Crippen LogP contribution >= 0.6 is 34.3 Å². The van der Waals surface area contributed by atoms with Gasteiger partial charge in [0.15, 0.2) is 0 Å². The molecule has 6 heterocycles. The van der Waals surface area contributed by atoms with Gasteiger partial charge in [-0.05, 0) is 72.9 Å². The van der Waals surface area contributed by atoms with Gasteiger partial charge in [0.1, 0.15) is 45.1 Å². The van der Waals surface area contributed by atoms with Crippen molar-refractivity contribution in [3.05, 3.63) is 61.9 Å². The Bertz CT molecular complexity index is 2260. The predicted octanol–water partition coefficient (Wildman–Crippen LogP) is 6.66. The van der Waals surface area contributed by atoms with E-state index in [0.717, 1.165) is 108 Å². The average molecular weight is 787 g/mol. The number of aryl methyl sites for hydroxylation is 2. The van der Waals surface area contributed by atoms with Gasteiger partial charge in [-0.3, -0.25) is 14.6 Å². The monoisotopic (exact) mass is 786 g/mol. The number of carbonyl (C=O) groups excluding carboxylic acids is 2. The van der Waals surface area contributed by atoms with E-state index < -0.39 is 0 Å². The number of hydrogen-bond donors (Lipinski definition) is 1. The van der Waals surface area contributed by atoms with E-state index >= 15 is 0 Å². The first-order valence-electron chi connectivity index (χ1n) is 18.4. The highest BCUT2D eigenvalue weighted by atomic mass is 35.5. The number of rotatable bonds is 6. The van der Waals surface area contributed by atoms with Crippen LogP contribution in [-0.4, -0.2) is 95.3 Å². The number of anilines is 2. The minimum atomic E-state index is 0.0328. The number of thiophene rings is 2. The highest BCUT2D eigenvalue weighted by Gasteiger charge is 2.31. The van der Waals surface area contributed by atoms with Gasteiger partial charge in [0.25, 0.3) is 0 Å². The minimum absolute atomic E-state index is 0.0328. The Hall–Kier alpha value is -4.24. The molecular weight excluding hydrogens is 744 g/mol. The van der Waals surface area contributed by atoms with Gasteiger partial charge in [0.2, 0.25) is 11.8 Å². The van der Waals surface area contributed by atoms with Crippen LogP contribution in [0.4, 0.5) is 11.5 Å². The molecule has 1 aromatic carbocycles. The Morgan fingerprint density at radius 3 is 2.09 bits per heavy atom. The first kappa shape index (κ1) is 36.7. The number of carbonyl (C=O) groups is 2. The Morgan fingerprint density at radius 1 is 0.833 bits per heavy atom. The van der Waals surface area contributed by atoms with Gasteiger partial charge in [-0.25, -0.2) is 19.9 Å². The summed E-state index contributed by atoms with van der Waals surface area (Å²) in [4.78, 5) is 54.4. The molecule has 4 aromatic heterocycles. The standard InChI is InChI=1S/C26H29N5O3S.C13H14ClN3OS/c1-31(2)26(32)15-3-4-19-22(11-15)35-25-23(19)24(28-14-29-25)30-20-9-16-12-27-13-17(16)10-21(20)34-18-5-7-33-8-6-18;1-17(2)13(18)7-3-4-8-9(5-7)19-12-10(8)11(14)15-6-16-12/h9-10,12,14-15,18H,3-8,11,13H2,1-2H3,(H,28,29,30);6-7H,3-5H2,1-2H3/t15-;7-/m00/s1. The molecule has 0 radical (unpaired) electrons. The van der Waals surface area contributed by atoms with Crippen LogP contribution in [0.5, 0.6) is 5.75 Å². The molecule has 1 saturated heterocycles. The SMILES string of the molecule is CN(C)C(=O)[C@H]1CCc2c(sc3ncnc(Cl)c23)C1.CN(C)C(=O)[C@H]1CCc2c(sc3ncnc(Nc4cc5c(cc4OC4CCOCC4)CN=C5)c23)C1. The molecule has 0 spiro atoms. The first-order valence-corrected chi connectivity index (χ1v) is 20.4. The van der Waals surface area contributed by atoms with Crippen LogP contribution in [0.3, 0.4) is 0 Å². The summed E-state index contributed by atoms with van der Waals surface area (Å²) in [6.07, 6.45) is 11.9. The summed E-state index contributed by atoms with van der Waals surface area (Å²) in [7, 11) is 7.28. The average Bonchev–Trinajstić information content (AvgIpc) is 3.90. The molecule has 2 aliphatic carbocycles. The molecular formula is C39H43ClN8O4S2. The topological polar surface area (TPSA) is 135 Å². The third-order valence-electron chi connectivity index (χ3n) is 10.7. The number of aliphatic imine (C=N–C) groups is 1. The van der Waals surface area contributed by atoms with Gasteiger partial charge in [0, 0.05) is 68.8 Å². The number of hydrogen-bond acceptors (Lipinski definition) is 12. The quantitative estimate of drug-likeness (QED) is 0.188. The molecule has 0 bridgehead atoms. The van der Waals surface area contributed by atoms with E-state index in [9.17, 15) is 9.59 Å². The number of aromatic nitrogens is 4. The van der Waals surface area contributed by atoms with Crippen LogP contribution in [0.2, 0.25) is 5.15 Å². The van der Waals surface area contributed by atoms with Crippen molar-refractivity contribution in [2.75, 3.05) is 46.7 Å². The summed E-state index contributed by atoms with van der Waals surface area (Å²) >= 11 is 9.49. The van der Waals surface area contributed by atoms with E-state index in [4.69, 9.17) is 21.1 Å². The Kier molecular flexibility index (Phi) is 10.5. The van der Waals surface area contributed by atoms with Crippen LogP contribution in [0.25, 0.3) is 20.4 Å². The Labute approximate surface area is 327 Å². The van der Waals surface area contributed by atoms with Crippen molar-refractivity contribution >= 4 is 84.2 Å². The lowest BCUT2D eigenvalue weighted by molar-refractivity contribution is -0.134. The second-order valence-corrected chi connectivity index (χ2v) is 17.2. The number of fused-ring (bicyclic) bond motifs is 7. The normalized spacial score (nSPS) is 19.1. The van der Waals surface area contributed by atoms with Crippen molar-refractivity contribution in [3.8, 4) is 5.75 Å². The molecule has 2 aliphatic heterocycles. The molecule has 0 saturated carbocycles. The number of benzene rings is 1. The third-order valence-corrected chi connectivity index (χ3v) is 13.3. The minimum Gasteiger partial charge on any atom is -0.488 e. The molecule has 1 N–H and O–H groups in total. The van der Waals surface area contributed by atoms with Crippen molar-refractivity contribution in [2.45, 2.75) is 64.0 Å². The van der Waals surface area contributed by atoms with Crippen LogP contribution < -0.4 is 10.1 Å². The number of nitrogens with one attached hydrogen (secondary N) is 1. The highest BCUT2D eigenvalue weighted by Crippen LogP contribution is 2.43. The first-order chi connectivity index (χ1) is 26.1. The lowest BCUT2D eigenvalue weighted by Gasteiger charge is -2.25. The number of amides is 2. The number of nitrogens with zero attached hydrogens (tertiary/aromatic N) is 7. The van der Waals surface area contributed by atoms with E-state index in [1.54, 1.807) is 38.8 Å². The lowest BCUT2D eigenvalue weighted by Crippen LogP contribution is -2.32. The molecule has 282 valence electrons. The molecule has 4 aliphatic rings. The summed E-state index contributed by atoms with van der Waals surface area (Å²) in [6, 6.07) is 4.22. The number of halogens is 1. The Balaban J connectivity index is 0.000000183. The zero-order valence-electron chi connectivity index (χ0n) is 30.9. The smallest absolute Gasteiger partial charge is 0.225 e. The van der Waals surface area contributed by atoms with Crippen molar-refractivity contribution < 1.29 is 19.1 Å². The molecule has 9 rings (SSSR count). The van der Waals surface area contributed by atoms with Crippen LogP contribution in [0, 0.1) is 11.8 Å². The fraction of sp³-hybridized carbons (Fsp3) is 0.462.